The SMILES string of the molecule is CC(C)(C)c1c2ccccc2cc2ccccc12.CC(C)(C)c1ccc2cc3ccccc3cc2c1. The summed E-state index contributed by atoms with van der Waals surface area (Å²) in [6.45, 7) is 13.7. The van der Waals surface area contributed by atoms with E-state index in [9.17, 15) is 0 Å². The molecule has 6 aromatic rings. The predicted molar refractivity (Wildman–Crippen MR) is 160 cm³/mol. The lowest BCUT2D eigenvalue weighted by Crippen LogP contribution is -2.12. The predicted octanol–water partition coefficient (Wildman–Crippen LogP) is 10.6. The van der Waals surface area contributed by atoms with Gasteiger partial charge in [-0.25, -0.2) is 0 Å². The zero-order chi connectivity index (χ0) is 25.5. The van der Waals surface area contributed by atoms with E-state index in [2.05, 4.69) is 151 Å². The summed E-state index contributed by atoms with van der Waals surface area (Å²) in [5, 5.41) is 10.7. The van der Waals surface area contributed by atoms with Gasteiger partial charge in [-0.3, -0.25) is 0 Å². The molecule has 0 amide bonds. The zero-order valence-corrected chi connectivity index (χ0v) is 22.4. The molecule has 0 heterocycles. The second kappa shape index (κ2) is 9.10. The van der Waals surface area contributed by atoms with Crippen LogP contribution < -0.4 is 0 Å². The summed E-state index contributed by atoms with van der Waals surface area (Å²) in [4.78, 5) is 0. The molecule has 0 saturated carbocycles. The Morgan fingerprint density at radius 3 is 1.28 bits per heavy atom. The third-order valence-corrected chi connectivity index (χ3v) is 7.09. The Kier molecular flexibility index (Phi) is 6.08. The van der Waals surface area contributed by atoms with Gasteiger partial charge in [-0.2, -0.15) is 0 Å². The highest BCUT2D eigenvalue weighted by Gasteiger charge is 2.20. The molecule has 0 aromatic heterocycles. The van der Waals surface area contributed by atoms with Gasteiger partial charge in [0.25, 0.3) is 0 Å². The Morgan fingerprint density at radius 2 is 0.778 bits per heavy atom. The third-order valence-electron chi connectivity index (χ3n) is 7.09. The standard InChI is InChI=1S/2C18H18/c1-18(2,3)17-15-10-6-4-8-13(15)12-14-9-5-7-11-16(14)17;1-18(2,3)17-9-8-15-10-13-6-4-5-7-14(13)11-16(15)12-17/h2*4-12H,1-3H3. The molecule has 0 aliphatic rings. The van der Waals surface area contributed by atoms with Crippen LogP contribution in [0.15, 0.2) is 109 Å². The maximum atomic E-state index is 2.32. The quantitative estimate of drug-likeness (QED) is 0.194. The highest BCUT2D eigenvalue weighted by atomic mass is 14.2. The van der Waals surface area contributed by atoms with Crippen molar-refractivity contribution in [1.82, 2.24) is 0 Å². The number of rotatable bonds is 0. The number of hydrogen-bond acceptors (Lipinski definition) is 0. The first kappa shape index (κ1) is 24.1. The highest BCUT2D eigenvalue weighted by molar-refractivity contribution is 6.03. The van der Waals surface area contributed by atoms with Crippen LogP contribution in [0.1, 0.15) is 52.7 Å². The summed E-state index contributed by atoms with van der Waals surface area (Å²) in [6.07, 6.45) is 0. The van der Waals surface area contributed by atoms with Gasteiger partial charge in [-0.1, -0.05) is 133 Å². The van der Waals surface area contributed by atoms with Crippen molar-refractivity contribution in [3.63, 3.8) is 0 Å². The summed E-state index contributed by atoms with van der Waals surface area (Å²) >= 11 is 0. The van der Waals surface area contributed by atoms with Crippen LogP contribution in [-0.4, -0.2) is 0 Å². The molecule has 180 valence electrons. The second-order valence-corrected chi connectivity index (χ2v) is 12.0. The lowest BCUT2D eigenvalue weighted by Gasteiger charge is -2.24. The van der Waals surface area contributed by atoms with Gasteiger partial charge in [-0.15, -0.1) is 0 Å². The molecule has 6 rings (SSSR count). The Labute approximate surface area is 215 Å². The average Bonchev–Trinajstić information content (AvgIpc) is 2.84. The molecular formula is C36H36. The number of fused-ring (bicyclic) bond motifs is 4. The molecule has 0 fully saturated rings. The molecule has 0 saturated heterocycles. The van der Waals surface area contributed by atoms with Crippen LogP contribution in [-0.2, 0) is 10.8 Å². The molecule has 36 heavy (non-hydrogen) atoms. The Bertz CT molecular complexity index is 1630. The smallest absolute Gasteiger partial charge is 0.0120 e. The van der Waals surface area contributed by atoms with Crippen LogP contribution in [0.3, 0.4) is 0 Å². The summed E-state index contributed by atoms with van der Waals surface area (Å²) < 4.78 is 0. The monoisotopic (exact) mass is 468 g/mol. The maximum Gasteiger partial charge on any atom is -0.0120 e. The Morgan fingerprint density at radius 1 is 0.361 bits per heavy atom. The van der Waals surface area contributed by atoms with Crippen molar-refractivity contribution in [2.45, 2.75) is 52.4 Å². The molecular weight excluding hydrogens is 432 g/mol. The van der Waals surface area contributed by atoms with E-state index in [1.807, 2.05) is 0 Å². The molecule has 0 aliphatic carbocycles. The lowest BCUT2D eigenvalue weighted by atomic mass is 9.80. The lowest BCUT2D eigenvalue weighted by molar-refractivity contribution is 0.591. The molecule has 0 N–H and O–H groups in total. The van der Waals surface area contributed by atoms with Gasteiger partial charge in [-0.05, 0) is 83.2 Å². The molecule has 0 bridgehead atoms. The summed E-state index contributed by atoms with van der Waals surface area (Å²) in [5.74, 6) is 0. The van der Waals surface area contributed by atoms with Crippen LogP contribution in [0.4, 0.5) is 0 Å². The van der Waals surface area contributed by atoms with Crippen molar-refractivity contribution in [3.8, 4) is 0 Å². The average molecular weight is 469 g/mol. The minimum absolute atomic E-state index is 0.153. The summed E-state index contributed by atoms with van der Waals surface area (Å²) in [6, 6.07) is 39.6. The Balaban J connectivity index is 0.000000148. The molecule has 0 spiro atoms. The topological polar surface area (TPSA) is 0 Å². The molecule has 0 radical (unpaired) electrons. The normalized spacial score (nSPS) is 12.2. The van der Waals surface area contributed by atoms with Crippen LogP contribution in [0.25, 0.3) is 43.1 Å². The largest absolute Gasteiger partial charge is 0.0616 e. The Hall–Kier alpha value is -3.64. The first-order valence-corrected chi connectivity index (χ1v) is 13.0. The van der Waals surface area contributed by atoms with E-state index in [1.54, 1.807) is 0 Å². The second-order valence-electron chi connectivity index (χ2n) is 12.0. The molecule has 0 aliphatic heterocycles. The van der Waals surface area contributed by atoms with Crippen LogP contribution in [0.2, 0.25) is 0 Å². The first-order valence-electron chi connectivity index (χ1n) is 13.0. The van der Waals surface area contributed by atoms with Gasteiger partial charge in [0, 0.05) is 0 Å². The summed E-state index contributed by atoms with van der Waals surface area (Å²) in [5.41, 5.74) is 3.21. The molecule has 6 aromatic carbocycles. The van der Waals surface area contributed by atoms with Gasteiger partial charge in [0.05, 0.1) is 0 Å². The van der Waals surface area contributed by atoms with Crippen molar-refractivity contribution in [1.29, 1.82) is 0 Å². The van der Waals surface area contributed by atoms with Crippen molar-refractivity contribution < 1.29 is 0 Å². The van der Waals surface area contributed by atoms with E-state index in [4.69, 9.17) is 0 Å². The van der Waals surface area contributed by atoms with Gasteiger partial charge < -0.3 is 0 Å². The minimum atomic E-state index is 0.153. The van der Waals surface area contributed by atoms with Crippen molar-refractivity contribution in [3.05, 3.63) is 120 Å². The van der Waals surface area contributed by atoms with Gasteiger partial charge >= 0.3 is 0 Å². The van der Waals surface area contributed by atoms with Crippen LogP contribution >= 0.6 is 0 Å². The fourth-order valence-electron chi connectivity index (χ4n) is 5.23. The van der Waals surface area contributed by atoms with Crippen molar-refractivity contribution in [2.24, 2.45) is 0 Å². The van der Waals surface area contributed by atoms with E-state index in [0.29, 0.717) is 0 Å². The van der Waals surface area contributed by atoms with Crippen molar-refractivity contribution in [2.75, 3.05) is 0 Å². The minimum Gasteiger partial charge on any atom is -0.0616 e. The molecule has 0 nitrogen and oxygen atoms in total. The fraction of sp³-hybridized carbons (Fsp3) is 0.222. The number of hydrogen-bond donors (Lipinski definition) is 0. The van der Waals surface area contributed by atoms with Gasteiger partial charge in [0.1, 0.15) is 0 Å². The van der Waals surface area contributed by atoms with E-state index >= 15 is 0 Å². The van der Waals surface area contributed by atoms with Crippen LogP contribution in [0, 0.1) is 0 Å². The molecule has 0 heteroatoms. The van der Waals surface area contributed by atoms with Crippen LogP contribution in [0.5, 0.6) is 0 Å². The number of benzene rings is 6. The first-order chi connectivity index (χ1) is 17.1. The van der Waals surface area contributed by atoms with E-state index in [1.165, 1.54) is 54.2 Å². The molecule has 0 atom stereocenters. The fourth-order valence-corrected chi connectivity index (χ4v) is 5.23. The van der Waals surface area contributed by atoms with Crippen molar-refractivity contribution >= 4 is 43.1 Å². The van der Waals surface area contributed by atoms with Gasteiger partial charge in [0.15, 0.2) is 0 Å². The van der Waals surface area contributed by atoms with E-state index in [-0.39, 0.29) is 10.8 Å². The third kappa shape index (κ3) is 4.73. The van der Waals surface area contributed by atoms with E-state index in [0.717, 1.165) is 0 Å². The highest BCUT2D eigenvalue weighted by Crippen LogP contribution is 2.36. The maximum absolute atomic E-state index is 2.32. The molecule has 0 unspecified atom stereocenters. The van der Waals surface area contributed by atoms with Gasteiger partial charge in [0.2, 0.25) is 0 Å². The summed E-state index contributed by atoms with van der Waals surface area (Å²) in [7, 11) is 0. The van der Waals surface area contributed by atoms with E-state index < -0.39 is 0 Å². The zero-order valence-electron chi connectivity index (χ0n) is 22.4.